The number of fused-ring (bicyclic) bond motifs is 2. The van der Waals surface area contributed by atoms with Crippen molar-refractivity contribution in [3.63, 3.8) is 0 Å². The van der Waals surface area contributed by atoms with Crippen LogP contribution in [0.25, 0.3) is 6.08 Å². The number of carbonyl (C=O) groups is 1. The Morgan fingerprint density at radius 2 is 2.00 bits per heavy atom. The average Bonchev–Trinajstić information content (AvgIpc) is 3.11. The summed E-state index contributed by atoms with van der Waals surface area (Å²) in [5.74, 6) is 1.68. The molecule has 3 aromatic rings. The van der Waals surface area contributed by atoms with E-state index in [1.807, 2.05) is 31.2 Å². The summed E-state index contributed by atoms with van der Waals surface area (Å²) in [7, 11) is 0. The number of carbonyl (C=O) groups excluding carboxylic acids is 1. The van der Waals surface area contributed by atoms with Crippen molar-refractivity contribution in [1.29, 1.82) is 0 Å². The first-order valence-corrected chi connectivity index (χ1v) is 10.6. The topological polar surface area (TPSA) is 51.7 Å². The molecule has 0 aliphatic carbocycles. The van der Waals surface area contributed by atoms with Crippen molar-refractivity contribution in [3.05, 3.63) is 94.5 Å². The summed E-state index contributed by atoms with van der Waals surface area (Å²) in [6.45, 7) is 4.23. The number of nitrogens with zero attached hydrogens (tertiary/aromatic N) is 2. The predicted molar refractivity (Wildman–Crippen MR) is 119 cm³/mol. The Kier molecular flexibility index (Phi) is 5.26. The van der Waals surface area contributed by atoms with Crippen molar-refractivity contribution in [2.24, 2.45) is 0 Å². The highest BCUT2D eigenvalue weighted by molar-refractivity contribution is 6.15. The van der Waals surface area contributed by atoms with Crippen LogP contribution in [0.3, 0.4) is 0 Å². The van der Waals surface area contributed by atoms with Crippen LogP contribution in [0.5, 0.6) is 11.5 Å². The largest absolute Gasteiger partial charge is 0.477 e. The third-order valence-corrected chi connectivity index (χ3v) is 5.77. The molecule has 0 unspecified atom stereocenters. The number of ketones is 1. The van der Waals surface area contributed by atoms with Gasteiger partial charge in [0.25, 0.3) is 0 Å². The molecule has 0 amide bonds. The lowest BCUT2D eigenvalue weighted by atomic mass is 10.00. The zero-order valence-electron chi connectivity index (χ0n) is 17.5. The number of rotatable bonds is 5. The molecule has 0 saturated heterocycles. The summed E-state index contributed by atoms with van der Waals surface area (Å²) >= 11 is 0. The van der Waals surface area contributed by atoms with Crippen LogP contribution in [0.4, 0.5) is 0 Å². The van der Waals surface area contributed by atoms with Gasteiger partial charge in [0.15, 0.2) is 5.76 Å². The van der Waals surface area contributed by atoms with Crippen molar-refractivity contribution in [1.82, 2.24) is 9.88 Å². The second-order valence-corrected chi connectivity index (χ2v) is 8.01. The van der Waals surface area contributed by atoms with Crippen LogP contribution in [0.15, 0.2) is 66.7 Å². The Labute approximate surface area is 181 Å². The number of pyridine rings is 1. The Morgan fingerprint density at radius 3 is 2.81 bits per heavy atom. The molecule has 0 radical (unpaired) electrons. The Morgan fingerprint density at radius 1 is 1.13 bits per heavy atom. The van der Waals surface area contributed by atoms with Crippen molar-refractivity contribution in [3.8, 4) is 11.5 Å². The van der Waals surface area contributed by atoms with E-state index >= 15 is 0 Å². The van der Waals surface area contributed by atoms with Gasteiger partial charge in [-0.15, -0.1) is 0 Å². The third kappa shape index (κ3) is 3.97. The van der Waals surface area contributed by atoms with E-state index in [0.29, 0.717) is 23.8 Å². The van der Waals surface area contributed by atoms with E-state index in [9.17, 15) is 4.79 Å². The Bertz CT molecular complexity index is 1140. The van der Waals surface area contributed by atoms with Gasteiger partial charge in [0.1, 0.15) is 18.2 Å². The molecule has 2 aromatic carbocycles. The zero-order chi connectivity index (χ0) is 21.2. The summed E-state index contributed by atoms with van der Waals surface area (Å²) in [5.41, 5.74) is 4.73. The van der Waals surface area contributed by atoms with Gasteiger partial charge < -0.3 is 9.47 Å². The number of hydrogen-bond donors (Lipinski definition) is 0. The van der Waals surface area contributed by atoms with Gasteiger partial charge in [0.05, 0.1) is 5.56 Å². The standard InChI is InChI=1S/C26H24N2O3/c1-18-25-21(16-28(17-30-25)12-6-10-19-7-3-2-4-8-19)14-22-24(29)23(31-26(18)22)13-20-9-5-11-27-15-20/h2-5,7-9,11,13-15H,6,10,12,16-17H2,1H3/b23-13-. The molecule has 3 heterocycles. The van der Waals surface area contributed by atoms with Gasteiger partial charge in [-0.25, -0.2) is 0 Å². The number of benzene rings is 2. The van der Waals surface area contributed by atoms with Crippen molar-refractivity contribution < 1.29 is 14.3 Å². The molecule has 1 aromatic heterocycles. The average molecular weight is 412 g/mol. The minimum Gasteiger partial charge on any atom is -0.477 e. The van der Waals surface area contributed by atoms with Crippen LogP contribution in [-0.2, 0) is 13.0 Å². The highest BCUT2D eigenvalue weighted by Crippen LogP contribution is 2.43. The van der Waals surface area contributed by atoms with Gasteiger partial charge in [-0.1, -0.05) is 36.4 Å². The van der Waals surface area contributed by atoms with Gasteiger partial charge >= 0.3 is 0 Å². The Hall–Kier alpha value is -3.44. The molecular formula is C26H24N2O3. The van der Waals surface area contributed by atoms with Gasteiger partial charge in [-0.05, 0) is 49.1 Å². The van der Waals surface area contributed by atoms with E-state index in [0.717, 1.165) is 48.4 Å². The fourth-order valence-corrected chi connectivity index (χ4v) is 4.20. The number of allylic oxidation sites excluding steroid dienone is 1. The van der Waals surface area contributed by atoms with E-state index < -0.39 is 0 Å². The third-order valence-electron chi connectivity index (χ3n) is 5.77. The first-order valence-electron chi connectivity index (χ1n) is 10.6. The van der Waals surface area contributed by atoms with Crippen LogP contribution in [0, 0.1) is 6.92 Å². The van der Waals surface area contributed by atoms with Gasteiger partial charge in [0.2, 0.25) is 5.78 Å². The van der Waals surface area contributed by atoms with E-state index in [1.54, 1.807) is 18.5 Å². The molecule has 5 nitrogen and oxygen atoms in total. The summed E-state index contributed by atoms with van der Waals surface area (Å²) in [4.78, 5) is 19.4. The maximum Gasteiger partial charge on any atom is 0.231 e. The molecule has 0 spiro atoms. The highest BCUT2D eigenvalue weighted by Gasteiger charge is 2.33. The number of ether oxygens (including phenoxy) is 2. The SMILES string of the molecule is Cc1c2c(cc3c1O/C(=C\c1cccnc1)C3=O)CN(CCCc1ccccc1)CO2. The van der Waals surface area contributed by atoms with Crippen molar-refractivity contribution in [2.75, 3.05) is 13.3 Å². The van der Waals surface area contributed by atoms with Crippen LogP contribution in [-0.4, -0.2) is 28.9 Å². The second-order valence-electron chi connectivity index (χ2n) is 8.01. The highest BCUT2D eigenvalue weighted by atomic mass is 16.5. The summed E-state index contributed by atoms with van der Waals surface area (Å²) < 4.78 is 12.0. The minimum atomic E-state index is -0.0917. The lowest BCUT2D eigenvalue weighted by Gasteiger charge is -2.30. The summed E-state index contributed by atoms with van der Waals surface area (Å²) in [5, 5.41) is 0. The fourth-order valence-electron chi connectivity index (χ4n) is 4.20. The van der Waals surface area contributed by atoms with Crippen LogP contribution >= 0.6 is 0 Å². The summed E-state index contributed by atoms with van der Waals surface area (Å²) in [6, 6.07) is 16.2. The molecule has 0 atom stereocenters. The predicted octanol–water partition coefficient (Wildman–Crippen LogP) is 4.79. The summed E-state index contributed by atoms with van der Waals surface area (Å²) in [6.07, 6.45) is 7.26. The van der Waals surface area contributed by atoms with E-state index in [4.69, 9.17) is 9.47 Å². The Balaban J connectivity index is 1.32. The number of aryl methyl sites for hydroxylation is 1. The van der Waals surface area contributed by atoms with E-state index in [1.165, 1.54) is 5.56 Å². The van der Waals surface area contributed by atoms with Gasteiger partial charge in [-0.3, -0.25) is 14.7 Å². The normalized spacial score (nSPS) is 16.5. The van der Waals surface area contributed by atoms with Crippen LogP contribution < -0.4 is 9.47 Å². The van der Waals surface area contributed by atoms with E-state index in [2.05, 4.69) is 34.1 Å². The molecule has 2 aliphatic heterocycles. The van der Waals surface area contributed by atoms with Crippen molar-refractivity contribution >= 4 is 11.9 Å². The number of hydrogen-bond acceptors (Lipinski definition) is 5. The smallest absolute Gasteiger partial charge is 0.231 e. The van der Waals surface area contributed by atoms with Crippen molar-refractivity contribution in [2.45, 2.75) is 26.3 Å². The second kappa shape index (κ2) is 8.36. The number of Topliss-reactive ketones (excluding diaryl/α,β-unsaturated/α-hetero) is 1. The fraction of sp³-hybridized carbons (Fsp3) is 0.231. The molecule has 0 N–H and O–H groups in total. The molecule has 2 aliphatic rings. The molecule has 31 heavy (non-hydrogen) atoms. The van der Waals surface area contributed by atoms with E-state index in [-0.39, 0.29) is 5.78 Å². The molecule has 0 fully saturated rings. The maximum atomic E-state index is 13.0. The molecular weight excluding hydrogens is 388 g/mol. The molecule has 5 rings (SSSR count). The molecule has 0 saturated carbocycles. The number of aromatic nitrogens is 1. The molecule has 156 valence electrons. The van der Waals surface area contributed by atoms with Gasteiger partial charge in [0, 0.05) is 36.6 Å². The van der Waals surface area contributed by atoms with Gasteiger partial charge in [-0.2, -0.15) is 0 Å². The first kappa shape index (κ1) is 19.5. The lowest BCUT2D eigenvalue weighted by molar-refractivity contribution is 0.0932. The monoisotopic (exact) mass is 412 g/mol. The quantitative estimate of drug-likeness (QED) is 0.564. The van der Waals surface area contributed by atoms with Crippen LogP contribution in [0.2, 0.25) is 0 Å². The molecule has 5 heteroatoms. The maximum absolute atomic E-state index is 13.0. The zero-order valence-corrected chi connectivity index (χ0v) is 17.5. The lowest BCUT2D eigenvalue weighted by Crippen LogP contribution is -2.33. The van der Waals surface area contributed by atoms with Crippen LogP contribution in [0.1, 0.15) is 39.0 Å². The minimum absolute atomic E-state index is 0.0917. The molecule has 0 bridgehead atoms. The first-order chi connectivity index (χ1) is 15.2.